The quantitative estimate of drug-likeness (QED) is 0.680. The Balaban J connectivity index is 4.41. The molecule has 0 aromatic rings. The highest BCUT2D eigenvalue weighted by molar-refractivity contribution is 5.94. The predicted molar refractivity (Wildman–Crippen MR) is 52.0 cm³/mol. The predicted octanol–water partition coefficient (Wildman–Crippen LogP) is 1.91. The third-order valence-electron chi connectivity index (χ3n) is 1.72. The average molecular weight is 200 g/mol. The fraction of sp³-hybridized carbons (Fsp3) is 0.600. The van der Waals surface area contributed by atoms with E-state index in [1.165, 1.54) is 0 Å². The van der Waals surface area contributed by atoms with E-state index in [1.807, 2.05) is 20.8 Å². The molecule has 0 spiro atoms. The molecule has 0 unspecified atom stereocenters. The zero-order chi connectivity index (χ0) is 11.4. The molecule has 0 aliphatic carbocycles. The van der Waals surface area contributed by atoms with Gasteiger partial charge in [0.25, 0.3) is 0 Å². The molecule has 2 N–H and O–H groups in total. The first-order chi connectivity index (χ1) is 6.22. The van der Waals surface area contributed by atoms with Gasteiger partial charge in [0, 0.05) is 11.6 Å². The normalized spacial score (nSPS) is 12.6. The van der Waals surface area contributed by atoms with Crippen LogP contribution in [0.2, 0.25) is 0 Å². The maximum absolute atomic E-state index is 10.6. The second-order valence-electron chi connectivity index (χ2n) is 4.37. The lowest BCUT2D eigenvalue weighted by molar-refractivity contribution is -0.135. The van der Waals surface area contributed by atoms with Crippen molar-refractivity contribution in [1.29, 1.82) is 0 Å². The summed E-state index contributed by atoms with van der Waals surface area (Å²) in [7, 11) is 0. The molecule has 0 atom stereocenters. The Labute approximate surface area is 83.2 Å². The Morgan fingerprint density at radius 3 is 2.00 bits per heavy atom. The first kappa shape index (κ1) is 12.7. The van der Waals surface area contributed by atoms with Crippen molar-refractivity contribution in [2.45, 2.75) is 33.6 Å². The molecule has 0 aliphatic rings. The van der Waals surface area contributed by atoms with Gasteiger partial charge < -0.3 is 10.2 Å². The fourth-order valence-electron chi connectivity index (χ4n) is 0.900. The van der Waals surface area contributed by atoms with Crippen LogP contribution in [0, 0.1) is 5.41 Å². The van der Waals surface area contributed by atoms with Crippen LogP contribution in [0.25, 0.3) is 0 Å². The van der Waals surface area contributed by atoms with Gasteiger partial charge in [-0.25, -0.2) is 9.59 Å². The van der Waals surface area contributed by atoms with Gasteiger partial charge in [0.15, 0.2) is 0 Å². The van der Waals surface area contributed by atoms with Crippen molar-refractivity contribution in [3.05, 3.63) is 11.6 Å². The molecule has 4 heteroatoms. The molecule has 80 valence electrons. The summed E-state index contributed by atoms with van der Waals surface area (Å²) in [5.74, 6) is -2.37. The topological polar surface area (TPSA) is 74.6 Å². The van der Waals surface area contributed by atoms with Crippen molar-refractivity contribution < 1.29 is 19.8 Å². The second kappa shape index (κ2) is 4.79. The molecule has 14 heavy (non-hydrogen) atoms. The van der Waals surface area contributed by atoms with Crippen molar-refractivity contribution in [2.24, 2.45) is 5.41 Å². The van der Waals surface area contributed by atoms with Gasteiger partial charge in [0.05, 0.1) is 0 Å². The Morgan fingerprint density at radius 2 is 1.71 bits per heavy atom. The van der Waals surface area contributed by atoms with E-state index in [2.05, 4.69) is 0 Å². The summed E-state index contributed by atoms with van der Waals surface area (Å²) in [4.78, 5) is 20.9. The van der Waals surface area contributed by atoms with Crippen LogP contribution in [0.15, 0.2) is 11.6 Å². The van der Waals surface area contributed by atoms with Crippen LogP contribution in [0.5, 0.6) is 0 Å². The molecule has 0 bridgehead atoms. The number of carbonyl (C=O) groups is 2. The summed E-state index contributed by atoms with van der Waals surface area (Å²) in [5, 5.41) is 17.1. The SMILES string of the molecule is CC(C)(C)CC/C(=C/C(=O)O)C(=O)O. The molecule has 0 saturated heterocycles. The minimum atomic E-state index is -1.21. The van der Waals surface area contributed by atoms with Crippen molar-refractivity contribution in [3.8, 4) is 0 Å². The highest BCUT2D eigenvalue weighted by Crippen LogP contribution is 2.23. The molecule has 0 amide bonds. The lowest BCUT2D eigenvalue weighted by atomic mass is 9.88. The van der Waals surface area contributed by atoms with Gasteiger partial charge in [0.2, 0.25) is 0 Å². The van der Waals surface area contributed by atoms with E-state index in [4.69, 9.17) is 10.2 Å². The molecule has 0 radical (unpaired) electrons. The van der Waals surface area contributed by atoms with Gasteiger partial charge in [-0.05, 0) is 18.3 Å². The zero-order valence-electron chi connectivity index (χ0n) is 8.70. The van der Waals surface area contributed by atoms with E-state index >= 15 is 0 Å². The van der Waals surface area contributed by atoms with Crippen molar-refractivity contribution in [2.75, 3.05) is 0 Å². The van der Waals surface area contributed by atoms with Crippen LogP contribution >= 0.6 is 0 Å². The summed E-state index contributed by atoms with van der Waals surface area (Å²) in [6.45, 7) is 5.94. The van der Waals surface area contributed by atoms with Crippen LogP contribution in [-0.2, 0) is 9.59 Å². The van der Waals surface area contributed by atoms with Crippen molar-refractivity contribution in [1.82, 2.24) is 0 Å². The maximum atomic E-state index is 10.6. The number of hydrogen-bond donors (Lipinski definition) is 2. The lowest BCUT2D eigenvalue weighted by Crippen LogP contribution is -2.10. The van der Waals surface area contributed by atoms with E-state index in [0.29, 0.717) is 6.42 Å². The largest absolute Gasteiger partial charge is 0.478 e. The molecule has 0 fully saturated rings. The minimum Gasteiger partial charge on any atom is -0.478 e. The van der Waals surface area contributed by atoms with E-state index in [9.17, 15) is 9.59 Å². The number of rotatable bonds is 4. The number of aliphatic carboxylic acids is 2. The second-order valence-corrected chi connectivity index (χ2v) is 4.37. The fourth-order valence-corrected chi connectivity index (χ4v) is 0.900. The Kier molecular flexibility index (Phi) is 4.34. The van der Waals surface area contributed by atoms with Crippen LogP contribution in [-0.4, -0.2) is 22.2 Å². The highest BCUT2D eigenvalue weighted by Gasteiger charge is 2.15. The van der Waals surface area contributed by atoms with Crippen molar-refractivity contribution >= 4 is 11.9 Å². The van der Waals surface area contributed by atoms with Gasteiger partial charge in [-0.2, -0.15) is 0 Å². The number of carboxylic acids is 2. The Morgan fingerprint density at radius 1 is 1.21 bits per heavy atom. The van der Waals surface area contributed by atoms with E-state index in [-0.39, 0.29) is 17.4 Å². The summed E-state index contributed by atoms with van der Waals surface area (Å²) in [5.41, 5.74) is -0.0417. The highest BCUT2D eigenvalue weighted by atomic mass is 16.4. The molecular formula is C10H16O4. The minimum absolute atomic E-state index is 0.00699. The van der Waals surface area contributed by atoms with Gasteiger partial charge in [-0.1, -0.05) is 20.8 Å². The monoisotopic (exact) mass is 200 g/mol. The van der Waals surface area contributed by atoms with Gasteiger partial charge in [-0.15, -0.1) is 0 Å². The van der Waals surface area contributed by atoms with Crippen LogP contribution in [0.1, 0.15) is 33.6 Å². The van der Waals surface area contributed by atoms with Crippen molar-refractivity contribution in [3.63, 3.8) is 0 Å². The third kappa shape index (κ3) is 6.22. The number of carboxylic acid groups (broad SMARTS) is 2. The standard InChI is InChI=1S/C10H16O4/c1-10(2,3)5-4-7(9(13)14)6-8(11)12/h6H,4-5H2,1-3H3,(H,11,12)(H,13,14)/b7-6-. The molecule has 0 aromatic carbocycles. The number of hydrogen-bond acceptors (Lipinski definition) is 2. The molecule has 0 aromatic heterocycles. The first-order valence-electron chi connectivity index (χ1n) is 4.39. The first-order valence-corrected chi connectivity index (χ1v) is 4.39. The van der Waals surface area contributed by atoms with Gasteiger partial charge >= 0.3 is 11.9 Å². The summed E-state index contributed by atoms with van der Waals surface area (Å²) in [6.07, 6.45) is 1.69. The summed E-state index contributed by atoms with van der Waals surface area (Å²) < 4.78 is 0. The van der Waals surface area contributed by atoms with Gasteiger partial charge in [-0.3, -0.25) is 0 Å². The Hall–Kier alpha value is -1.32. The van der Waals surface area contributed by atoms with Gasteiger partial charge in [0.1, 0.15) is 0 Å². The molecule has 4 nitrogen and oxygen atoms in total. The Bertz CT molecular complexity index is 258. The lowest BCUT2D eigenvalue weighted by Gasteiger charge is -2.17. The smallest absolute Gasteiger partial charge is 0.331 e. The van der Waals surface area contributed by atoms with E-state index < -0.39 is 11.9 Å². The maximum Gasteiger partial charge on any atom is 0.331 e. The third-order valence-corrected chi connectivity index (χ3v) is 1.72. The average Bonchev–Trinajstić information content (AvgIpc) is 1.94. The molecule has 0 saturated carbocycles. The molecule has 0 rings (SSSR count). The van der Waals surface area contributed by atoms with Crippen LogP contribution < -0.4 is 0 Å². The summed E-state index contributed by atoms with van der Waals surface area (Å²) >= 11 is 0. The molecule has 0 heterocycles. The van der Waals surface area contributed by atoms with Crippen LogP contribution in [0.3, 0.4) is 0 Å². The van der Waals surface area contributed by atoms with E-state index in [0.717, 1.165) is 6.08 Å². The zero-order valence-corrected chi connectivity index (χ0v) is 8.70. The van der Waals surface area contributed by atoms with Crippen LogP contribution in [0.4, 0.5) is 0 Å². The molecular weight excluding hydrogens is 184 g/mol. The summed E-state index contributed by atoms with van der Waals surface area (Å²) in [6, 6.07) is 0. The van der Waals surface area contributed by atoms with E-state index in [1.54, 1.807) is 0 Å². The molecule has 0 aliphatic heterocycles.